The van der Waals surface area contributed by atoms with Gasteiger partial charge in [-0.3, -0.25) is 9.59 Å². The van der Waals surface area contributed by atoms with Crippen LogP contribution in [0.5, 0.6) is 0 Å². The van der Waals surface area contributed by atoms with Crippen LogP contribution in [0.15, 0.2) is 34.6 Å². The van der Waals surface area contributed by atoms with Crippen LogP contribution in [0.1, 0.15) is 67.2 Å². The summed E-state index contributed by atoms with van der Waals surface area (Å²) in [5.41, 5.74) is 3.08. The Morgan fingerprint density at radius 2 is 1.86 bits per heavy atom. The van der Waals surface area contributed by atoms with Crippen LogP contribution in [0.25, 0.3) is 0 Å². The molecule has 1 N–H and O–H groups in total. The number of aliphatic hydroxyl groups excluding tert-OH is 1. The molecule has 4 nitrogen and oxygen atoms in total. The monoisotopic (exact) mass is 386 g/mol. The van der Waals surface area contributed by atoms with Crippen molar-refractivity contribution in [2.45, 2.75) is 73.3 Å². The van der Waals surface area contributed by atoms with Crippen LogP contribution in [0.4, 0.5) is 0 Å². The molecular weight excluding hydrogens is 352 g/mol. The van der Waals surface area contributed by atoms with E-state index in [1.54, 1.807) is 6.92 Å². The van der Waals surface area contributed by atoms with Gasteiger partial charge >= 0.3 is 5.97 Å². The van der Waals surface area contributed by atoms with Gasteiger partial charge in [-0.1, -0.05) is 38.0 Å². The molecule has 0 bridgehead atoms. The number of carbonyl (C=O) groups is 2. The number of allylic oxidation sites excluding steroid dienone is 5. The SMILES string of the molecule is CC1=C[C@@H]2C(=C(C)CC[C@]3(C)C(=O)C=C(C(C)C)[C@H]3CC1)OC(=O)[C@@H]2[C@H](C)O. The minimum Gasteiger partial charge on any atom is -0.430 e. The molecule has 1 aliphatic heterocycles. The van der Waals surface area contributed by atoms with Crippen molar-refractivity contribution in [3.63, 3.8) is 0 Å². The Balaban J connectivity index is 2.02. The number of aliphatic hydroxyl groups is 1. The molecule has 0 saturated carbocycles. The largest absolute Gasteiger partial charge is 0.430 e. The van der Waals surface area contributed by atoms with Gasteiger partial charge in [0.05, 0.1) is 17.9 Å². The van der Waals surface area contributed by atoms with Crippen molar-refractivity contribution in [1.29, 1.82) is 0 Å². The van der Waals surface area contributed by atoms with Gasteiger partial charge in [-0.15, -0.1) is 0 Å². The molecule has 0 radical (unpaired) electrons. The van der Waals surface area contributed by atoms with Crippen LogP contribution in [0.2, 0.25) is 0 Å². The summed E-state index contributed by atoms with van der Waals surface area (Å²) in [6.07, 6.45) is 6.53. The zero-order valence-corrected chi connectivity index (χ0v) is 18.0. The van der Waals surface area contributed by atoms with Crippen LogP contribution in [0, 0.1) is 29.1 Å². The van der Waals surface area contributed by atoms with E-state index in [1.165, 1.54) is 11.1 Å². The summed E-state index contributed by atoms with van der Waals surface area (Å²) in [7, 11) is 0. The second kappa shape index (κ2) is 7.62. The average Bonchev–Trinajstić information content (AvgIpc) is 3.05. The van der Waals surface area contributed by atoms with E-state index in [0.717, 1.165) is 31.3 Å². The molecule has 154 valence electrons. The van der Waals surface area contributed by atoms with Gasteiger partial charge in [0.2, 0.25) is 0 Å². The minimum absolute atomic E-state index is 0.214. The summed E-state index contributed by atoms with van der Waals surface area (Å²) in [5.74, 6) is 0.429. The van der Waals surface area contributed by atoms with E-state index in [0.29, 0.717) is 11.7 Å². The van der Waals surface area contributed by atoms with Gasteiger partial charge in [-0.25, -0.2) is 0 Å². The molecule has 5 atom stereocenters. The van der Waals surface area contributed by atoms with E-state index in [9.17, 15) is 14.7 Å². The first kappa shape index (κ1) is 21.0. The Morgan fingerprint density at radius 3 is 2.46 bits per heavy atom. The molecule has 0 aromatic carbocycles. The number of ketones is 1. The highest BCUT2D eigenvalue weighted by atomic mass is 16.5. The first-order chi connectivity index (χ1) is 13.1. The lowest BCUT2D eigenvalue weighted by atomic mass is 9.69. The van der Waals surface area contributed by atoms with Crippen molar-refractivity contribution in [1.82, 2.24) is 0 Å². The van der Waals surface area contributed by atoms with E-state index >= 15 is 0 Å². The van der Waals surface area contributed by atoms with E-state index in [-0.39, 0.29) is 23.6 Å². The van der Waals surface area contributed by atoms with Crippen molar-refractivity contribution >= 4 is 11.8 Å². The Hall–Kier alpha value is -1.68. The van der Waals surface area contributed by atoms with E-state index in [2.05, 4.69) is 33.8 Å². The Bertz CT molecular complexity index is 767. The molecule has 0 unspecified atom stereocenters. The summed E-state index contributed by atoms with van der Waals surface area (Å²) in [5, 5.41) is 10.2. The molecule has 0 amide bonds. The predicted octanol–water partition coefficient (Wildman–Crippen LogP) is 4.74. The Kier molecular flexibility index (Phi) is 5.73. The maximum atomic E-state index is 13.0. The standard InChI is InChI=1S/C24H34O4/c1-13(2)17-12-20(26)24(6)10-9-15(4)22-18(11-14(3)7-8-19(17)24)21(16(5)25)23(27)28-22/h11-13,16,18-19,21,25H,7-10H2,1-6H3/t16-,18-,19+,21+,24-/m0/s1. The first-order valence-electron chi connectivity index (χ1n) is 10.6. The van der Waals surface area contributed by atoms with Gasteiger partial charge in [-0.2, -0.15) is 0 Å². The fourth-order valence-corrected chi connectivity index (χ4v) is 5.24. The van der Waals surface area contributed by atoms with Crippen LogP contribution >= 0.6 is 0 Å². The third-order valence-electron chi connectivity index (χ3n) is 7.12. The third-order valence-corrected chi connectivity index (χ3v) is 7.12. The van der Waals surface area contributed by atoms with Crippen molar-refractivity contribution in [2.75, 3.05) is 0 Å². The zero-order valence-electron chi connectivity index (χ0n) is 18.0. The van der Waals surface area contributed by atoms with Crippen LogP contribution in [-0.4, -0.2) is 23.0 Å². The second-order valence-corrected chi connectivity index (χ2v) is 9.54. The Morgan fingerprint density at radius 1 is 1.18 bits per heavy atom. The van der Waals surface area contributed by atoms with Crippen molar-refractivity contribution in [2.24, 2.45) is 29.1 Å². The maximum absolute atomic E-state index is 13.0. The molecule has 1 saturated heterocycles. The lowest BCUT2D eigenvalue weighted by molar-refractivity contribution is -0.142. The molecule has 28 heavy (non-hydrogen) atoms. The summed E-state index contributed by atoms with van der Waals surface area (Å²) in [6, 6.07) is 0. The molecule has 0 aromatic heterocycles. The third kappa shape index (κ3) is 3.52. The molecule has 2 aliphatic carbocycles. The van der Waals surface area contributed by atoms with Crippen LogP contribution in [-0.2, 0) is 14.3 Å². The maximum Gasteiger partial charge on any atom is 0.317 e. The highest BCUT2D eigenvalue weighted by molar-refractivity contribution is 5.98. The predicted molar refractivity (Wildman–Crippen MR) is 109 cm³/mol. The van der Waals surface area contributed by atoms with Crippen LogP contribution in [0.3, 0.4) is 0 Å². The molecule has 0 spiro atoms. The molecule has 1 heterocycles. The fraction of sp³-hybridized carbons (Fsp3) is 0.667. The summed E-state index contributed by atoms with van der Waals surface area (Å²) in [4.78, 5) is 25.4. The first-order valence-corrected chi connectivity index (χ1v) is 10.6. The molecule has 3 aliphatic rings. The van der Waals surface area contributed by atoms with Gasteiger partial charge in [0.15, 0.2) is 5.78 Å². The quantitative estimate of drug-likeness (QED) is 0.550. The van der Waals surface area contributed by atoms with Crippen molar-refractivity contribution in [3.05, 3.63) is 34.6 Å². The minimum atomic E-state index is -0.758. The van der Waals surface area contributed by atoms with Gasteiger partial charge in [0.25, 0.3) is 0 Å². The van der Waals surface area contributed by atoms with Gasteiger partial charge < -0.3 is 9.84 Å². The normalized spacial score (nSPS) is 35.1. The molecule has 0 aromatic rings. The second-order valence-electron chi connectivity index (χ2n) is 9.54. The fourth-order valence-electron chi connectivity index (χ4n) is 5.24. The number of hydrogen-bond donors (Lipinski definition) is 1. The lowest BCUT2D eigenvalue weighted by Crippen LogP contribution is -2.32. The van der Waals surface area contributed by atoms with E-state index < -0.39 is 17.4 Å². The van der Waals surface area contributed by atoms with Crippen molar-refractivity contribution in [3.8, 4) is 0 Å². The Labute approximate surface area is 168 Å². The lowest BCUT2D eigenvalue weighted by Gasteiger charge is -2.33. The van der Waals surface area contributed by atoms with Crippen LogP contribution < -0.4 is 0 Å². The summed E-state index contributed by atoms with van der Waals surface area (Å²) >= 11 is 0. The number of carbonyl (C=O) groups excluding carboxylic acids is 2. The molecular formula is C24H34O4. The van der Waals surface area contributed by atoms with Gasteiger partial charge in [0, 0.05) is 5.41 Å². The van der Waals surface area contributed by atoms with Gasteiger partial charge in [-0.05, 0) is 69.9 Å². The zero-order chi connectivity index (χ0) is 20.8. The average molecular weight is 387 g/mol. The van der Waals surface area contributed by atoms with E-state index in [4.69, 9.17) is 4.74 Å². The van der Waals surface area contributed by atoms with E-state index in [1.807, 2.05) is 13.0 Å². The molecule has 4 heteroatoms. The summed E-state index contributed by atoms with van der Waals surface area (Å²) < 4.78 is 5.64. The van der Waals surface area contributed by atoms with Crippen molar-refractivity contribution < 1.29 is 19.4 Å². The number of ether oxygens (including phenoxy) is 1. The summed E-state index contributed by atoms with van der Waals surface area (Å²) in [6.45, 7) is 12.2. The van der Waals surface area contributed by atoms with Gasteiger partial charge in [0.1, 0.15) is 5.76 Å². The number of esters is 1. The molecule has 1 fully saturated rings. The number of fused-ring (bicyclic) bond motifs is 2. The molecule has 3 rings (SSSR count). The smallest absolute Gasteiger partial charge is 0.317 e. The number of rotatable bonds is 2. The highest BCUT2D eigenvalue weighted by Gasteiger charge is 2.48. The number of hydrogen-bond acceptors (Lipinski definition) is 4. The topological polar surface area (TPSA) is 63.6 Å². The highest BCUT2D eigenvalue weighted by Crippen LogP contribution is 2.50.